The second-order valence-corrected chi connectivity index (χ2v) is 9.38. The number of nitrogens with zero attached hydrogens (tertiary/aromatic N) is 1. The van der Waals surface area contributed by atoms with Crippen molar-refractivity contribution in [3.05, 3.63) is 64.6 Å². The number of benzene rings is 2. The highest BCUT2D eigenvalue weighted by Crippen LogP contribution is 2.21. The van der Waals surface area contributed by atoms with Gasteiger partial charge in [0, 0.05) is 22.0 Å². The first-order chi connectivity index (χ1) is 14.0. The summed E-state index contributed by atoms with van der Waals surface area (Å²) < 4.78 is 0.991. The molecule has 29 heavy (non-hydrogen) atoms. The van der Waals surface area contributed by atoms with E-state index in [2.05, 4.69) is 21.2 Å². The van der Waals surface area contributed by atoms with Crippen LogP contribution in [0.3, 0.4) is 0 Å². The largest absolute Gasteiger partial charge is 0.352 e. The molecule has 0 aromatic heterocycles. The van der Waals surface area contributed by atoms with Gasteiger partial charge in [0.05, 0.1) is 5.75 Å². The topological polar surface area (TPSA) is 49.4 Å². The van der Waals surface area contributed by atoms with Gasteiger partial charge in [-0.15, -0.1) is 11.8 Å². The zero-order chi connectivity index (χ0) is 20.6. The molecule has 3 rings (SSSR count). The fraction of sp³-hybridized carbons (Fsp3) is 0.391. The van der Waals surface area contributed by atoms with Gasteiger partial charge in [0.2, 0.25) is 11.8 Å². The van der Waals surface area contributed by atoms with Crippen LogP contribution in [0, 0.1) is 0 Å². The lowest BCUT2D eigenvalue weighted by molar-refractivity contribution is -0.138. The van der Waals surface area contributed by atoms with Gasteiger partial charge in [-0.1, -0.05) is 59.1 Å². The molecule has 0 heterocycles. The number of halogens is 1. The number of carbonyl (C=O) groups excluding carboxylic acids is 2. The van der Waals surface area contributed by atoms with Crippen LogP contribution in [0.2, 0.25) is 0 Å². The number of hydrogen-bond donors (Lipinski definition) is 1. The second kappa shape index (κ2) is 10.8. The van der Waals surface area contributed by atoms with E-state index in [-0.39, 0.29) is 17.9 Å². The lowest BCUT2D eigenvalue weighted by Crippen LogP contribution is -2.50. The van der Waals surface area contributed by atoms with Crippen LogP contribution in [0.1, 0.15) is 38.2 Å². The first-order valence-corrected chi connectivity index (χ1v) is 11.8. The van der Waals surface area contributed by atoms with Crippen molar-refractivity contribution in [1.29, 1.82) is 0 Å². The average Bonchev–Trinajstić information content (AvgIpc) is 3.25. The van der Waals surface area contributed by atoms with Crippen LogP contribution in [0.15, 0.2) is 64.0 Å². The molecule has 2 aromatic carbocycles. The molecule has 1 saturated carbocycles. The molecule has 2 aromatic rings. The minimum Gasteiger partial charge on any atom is -0.352 e. The summed E-state index contributed by atoms with van der Waals surface area (Å²) in [6.45, 7) is 2.24. The fourth-order valence-electron chi connectivity index (χ4n) is 3.51. The van der Waals surface area contributed by atoms with E-state index in [1.54, 1.807) is 4.90 Å². The van der Waals surface area contributed by atoms with Gasteiger partial charge in [-0.3, -0.25) is 9.59 Å². The maximum absolute atomic E-state index is 13.1. The number of nitrogens with one attached hydrogen (secondary N) is 1. The van der Waals surface area contributed by atoms with Crippen LogP contribution < -0.4 is 5.32 Å². The van der Waals surface area contributed by atoms with Crippen LogP contribution in [0.4, 0.5) is 0 Å². The first-order valence-electron chi connectivity index (χ1n) is 10.0. The Morgan fingerprint density at radius 2 is 1.76 bits per heavy atom. The Balaban J connectivity index is 1.69. The van der Waals surface area contributed by atoms with E-state index >= 15 is 0 Å². The van der Waals surface area contributed by atoms with Crippen molar-refractivity contribution in [1.82, 2.24) is 10.2 Å². The predicted octanol–water partition coefficient (Wildman–Crippen LogP) is 5.02. The molecule has 1 N–H and O–H groups in total. The number of thioether (sulfide) groups is 1. The molecule has 1 atom stereocenters. The molecular weight excluding hydrogens is 448 g/mol. The summed E-state index contributed by atoms with van der Waals surface area (Å²) in [5, 5.41) is 3.14. The normalized spacial score (nSPS) is 15.1. The van der Waals surface area contributed by atoms with E-state index in [0.717, 1.165) is 40.6 Å². The Morgan fingerprint density at radius 3 is 2.41 bits per heavy atom. The van der Waals surface area contributed by atoms with E-state index in [1.807, 2.05) is 61.5 Å². The number of hydrogen-bond acceptors (Lipinski definition) is 3. The van der Waals surface area contributed by atoms with E-state index in [0.29, 0.717) is 12.3 Å². The van der Waals surface area contributed by atoms with E-state index in [4.69, 9.17) is 0 Å². The summed E-state index contributed by atoms with van der Waals surface area (Å²) in [7, 11) is 0. The van der Waals surface area contributed by atoms with Crippen molar-refractivity contribution < 1.29 is 9.59 Å². The molecule has 1 aliphatic carbocycles. The van der Waals surface area contributed by atoms with E-state index < -0.39 is 6.04 Å². The number of rotatable bonds is 8. The minimum absolute atomic E-state index is 0.0316. The highest BCUT2D eigenvalue weighted by atomic mass is 79.9. The molecule has 154 valence electrons. The summed E-state index contributed by atoms with van der Waals surface area (Å²) in [5.74, 6) is 0.213. The predicted molar refractivity (Wildman–Crippen MR) is 122 cm³/mol. The SMILES string of the molecule is C[C@H](C(=O)NC1CCCC1)N(Cc1ccc(Br)cc1)C(=O)CSc1ccccc1. The molecule has 0 aliphatic heterocycles. The van der Waals surface area contributed by atoms with Crippen molar-refractivity contribution in [2.75, 3.05) is 5.75 Å². The molecule has 0 radical (unpaired) electrons. The third-order valence-electron chi connectivity index (χ3n) is 5.24. The van der Waals surface area contributed by atoms with Gasteiger partial charge in [-0.25, -0.2) is 0 Å². The molecule has 0 unspecified atom stereocenters. The Bertz CT molecular complexity index is 807. The highest BCUT2D eigenvalue weighted by Gasteiger charge is 2.28. The van der Waals surface area contributed by atoms with Crippen LogP contribution in [-0.4, -0.2) is 34.6 Å². The van der Waals surface area contributed by atoms with Gasteiger partial charge < -0.3 is 10.2 Å². The summed E-state index contributed by atoms with van der Waals surface area (Å²) in [6, 6.07) is 17.5. The van der Waals surface area contributed by atoms with Crippen molar-refractivity contribution in [3.8, 4) is 0 Å². The molecular formula is C23H27BrN2O2S. The smallest absolute Gasteiger partial charge is 0.242 e. The van der Waals surface area contributed by atoms with Crippen LogP contribution in [-0.2, 0) is 16.1 Å². The zero-order valence-corrected chi connectivity index (χ0v) is 19.0. The van der Waals surface area contributed by atoms with Gasteiger partial charge in [0.1, 0.15) is 6.04 Å². The van der Waals surface area contributed by atoms with Crippen molar-refractivity contribution in [2.24, 2.45) is 0 Å². The summed E-state index contributed by atoms with van der Waals surface area (Å²) in [6.07, 6.45) is 4.38. The van der Waals surface area contributed by atoms with E-state index in [1.165, 1.54) is 11.8 Å². The van der Waals surface area contributed by atoms with Crippen LogP contribution in [0.25, 0.3) is 0 Å². The van der Waals surface area contributed by atoms with Crippen molar-refractivity contribution in [3.63, 3.8) is 0 Å². The number of amides is 2. The Kier molecular flexibility index (Phi) is 8.19. The zero-order valence-electron chi connectivity index (χ0n) is 16.6. The Hall–Kier alpha value is -1.79. The standard InChI is InChI=1S/C23H27BrN2O2S/c1-17(23(28)25-20-7-5-6-8-20)26(15-18-11-13-19(24)14-12-18)22(27)16-29-21-9-3-2-4-10-21/h2-4,9-14,17,20H,5-8,15-16H2,1H3,(H,25,28)/t17-/m1/s1. The molecule has 4 nitrogen and oxygen atoms in total. The molecule has 0 bridgehead atoms. The van der Waals surface area contributed by atoms with Crippen LogP contribution >= 0.6 is 27.7 Å². The average molecular weight is 475 g/mol. The van der Waals surface area contributed by atoms with Gasteiger partial charge >= 0.3 is 0 Å². The summed E-state index contributed by atoms with van der Waals surface area (Å²) in [5.41, 5.74) is 1.01. The third kappa shape index (κ3) is 6.61. The molecule has 6 heteroatoms. The summed E-state index contributed by atoms with van der Waals surface area (Å²) in [4.78, 5) is 28.7. The molecule has 0 saturated heterocycles. The fourth-order valence-corrected chi connectivity index (χ4v) is 4.58. The quantitative estimate of drug-likeness (QED) is 0.546. The lowest BCUT2D eigenvalue weighted by Gasteiger charge is -2.29. The Labute approximate surface area is 185 Å². The maximum Gasteiger partial charge on any atom is 0.242 e. The highest BCUT2D eigenvalue weighted by molar-refractivity contribution is 9.10. The lowest BCUT2D eigenvalue weighted by atomic mass is 10.1. The number of carbonyl (C=O) groups is 2. The first kappa shape index (κ1) is 21.9. The van der Waals surface area contributed by atoms with Crippen LogP contribution in [0.5, 0.6) is 0 Å². The minimum atomic E-state index is -0.511. The third-order valence-corrected chi connectivity index (χ3v) is 6.77. The monoisotopic (exact) mass is 474 g/mol. The van der Waals surface area contributed by atoms with Gasteiger partial charge in [0.15, 0.2) is 0 Å². The summed E-state index contributed by atoms with van der Waals surface area (Å²) >= 11 is 4.95. The molecule has 2 amide bonds. The molecule has 1 fully saturated rings. The molecule has 0 spiro atoms. The van der Waals surface area contributed by atoms with Gasteiger partial charge in [-0.05, 0) is 49.6 Å². The van der Waals surface area contributed by atoms with E-state index in [9.17, 15) is 9.59 Å². The van der Waals surface area contributed by atoms with Gasteiger partial charge in [0.25, 0.3) is 0 Å². The second-order valence-electron chi connectivity index (χ2n) is 7.42. The van der Waals surface area contributed by atoms with Gasteiger partial charge in [-0.2, -0.15) is 0 Å². The van der Waals surface area contributed by atoms with Crippen molar-refractivity contribution in [2.45, 2.75) is 56.1 Å². The maximum atomic E-state index is 13.1. The van der Waals surface area contributed by atoms with Crippen molar-refractivity contribution >= 4 is 39.5 Å². The molecule has 1 aliphatic rings. The Morgan fingerprint density at radius 1 is 1.10 bits per heavy atom.